The molecule has 0 aliphatic rings. The van der Waals surface area contributed by atoms with Crippen molar-refractivity contribution in [1.29, 1.82) is 0 Å². The molecule has 0 aliphatic heterocycles. The summed E-state index contributed by atoms with van der Waals surface area (Å²) in [6.45, 7) is 4.64. The maximum atomic E-state index is 3.64. The van der Waals surface area contributed by atoms with Crippen molar-refractivity contribution >= 4 is 34.8 Å². The predicted octanol–water partition coefficient (Wildman–Crippen LogP) is 5.50. The Kier molecular flexibility index (Phi) is 3.91. The lowest BCUT2D eigenvalue weighted by Gasteiger charge is -2.15. The van der Waals surface area contributed by atoms with Gasteiger partial charge in [-0.05, 0) is 32.8 Å². The quantitative estimate of drug-likeness (QED) is 0.245. The van der Waals surface area contributed by atoms with Gasteiger partial charge in [-0.25, -0.2) is 0 Å². The Labute approximate surface area is 150 Å². The largest absolute Gasteiger partial charge is 0.163 e. The number of rotatable bonds is 1. The summed E-state index contributed by atoms with van der Waals surface area (Å²) >= 11 is 0. The van der Waals surface area contributed by atoms with Crippen LogP contribution in [-0.2, 0) is 0 Å². The molecule has 4 aromatic rings. The van der Waals surface area contributed by atoms with Crippen LogP contribution in [0.1, 0.15) is 5.56 Å². The molecular weight excluding hydrogens is 316 g/mol. The van der Waals surface area contributed by atoms with Crippen molar-refractivity contribution < 1.29 is 0 Å². The molecule has 0 N–H and O–H groups in total. The third kappa shape index (κ3) is 2.97. The van der Waals surface area contributed by atoms with Crippen LogP contribution in [0.15, 0.2) is 84.9 Å². The van der Waals surface area contributed by atoms with Gasteiger partial charge in [0.1, 0.15) is 0 Å². The Morgan fingerprint density at radius 3 is 2.00 bits per heavy atom. The normalized spacial score (nSPS) is 11.3. The fourth-order valence-corrected chi connectivity index (χ4v) is 4.93. The van der Waals surface area contributed by atoms with E-state index in [4.69, 9.17) is 0 Å². The van der Waals surface area contributed by atoms with Crippen molar-refractivity contribution in [3.63, 3.8) is 0 Å². The molecule has 4 rings (SSSR count). The van der Waals surface area contributed by atoms with E-state index in [-0.39, 0.29) is 0 Å². The van der Waals surface area contributed by atoms with Crippen molar-refractivity contribution in [2.24, 2.45) is 0 Å². The zero-order chi connectivity index (χ0) is 17.3. The van der Waals surface area contributed by atoms with Crippen LogP contribution >= 0.6 is 0 Å². The van der Waals surface area contributed by atoms with E-state index >= 15 is 0 Å². The van der Waals surface area contributed by atoms with Crippen LogP contribution in [0.25, 0.3) is 21.5 Å². The first-order chi connectivity index (χ1) is 12.1. The summed E-state index contributed by atoms with van der Waals surface area (Å²) in [6, 6.07) is 30.1. The second-order valence-corrected chi connectivity index (χ2v) is 11.0. The topological polar surface area (TPSA) is 0 Å². The lowest BCUT2D eigenvalue weighted by atomic mass is 9.98. The summed E-state index contributed by atoms with van der Waals surface area (Å²) in [4.78, 5) is 0. The van der Waals surface area contributed by atoms with Gasteiger partial charge in [-0.3, -0.25) is 0 Å². The Bertz CT molecular complexity index is 1110. The summed E-state index contributed by atoms with van der Waals surface area (Å²) in [5.41, 5.74) is 4.77. The van der Waals surface area contributed by atoms with Crippen molar-refractivity contribution in [2.45, 2.75) is 13.1 Å². The van der Waals surface area contributed by atoms with Gasteiger partial charge in [0.15, 0.2) is 8.07 Å². The maximum absolute atomic E-state index is 3.64. The van der Waals surface area contributed by atoms with Crippen LogP contribution in [0.4, 0.5) is 0 Å². The minimum atomic E-state index is -1.78. The maximum Gasteiger partial charge on any atom is 0.163 e. The Morgan fingerprint density at radius 2 is 1.24 bits per heavy atom. The predicted molar refractivity (Wildman–Crippen MR) is 112 cm³/mol. The smallest absolute Gasteiger partial charge is 0.121 e. The van der Waals surface area contributed by atoms with Crippen molar-refractivity contribution in [3.05, 3.63) is 90.5 Å². The van der Waals surface area contributed by atoms with Gasteiger partial charge < -0.3 is 0 Å². The third-order valence-electron chi connectivity index (χ3n) is 4.77. The molecule has 25 heavy (non-hydrogen) atoms. The van der Waals surface area contributed by atoms with Gasteiger partial charge in [0, 0.05) is 5.56 Å². The van der Waals surface area contributed by atoms with Crippen LogP contribution in [0.2, 0.25) is 13.1 Å². The average Bonchev–Trinajstić information content (AvgIpc) is 2.67. The Morgan fingerprint density at radius 1 is 0.640 bits per heavy atom. The molecule has 120 valence electrons. The lowest BCUT2D eigenvalue weighted by molar-refractivity contribution is 1.71. The second-order valence-electron chi connectivity index (χ2n) is 6.93. The van der Waals surface area contributed by atoms with Gasteiger partial charge in [-0.1, -0.05) is 97.9 Å². The van der Waals surface area contributed by atoms with Crippen molar-refractivity contribution in [1.82, 2.24) is 0 Å². The molecule has 0 nitrogen and oxygen atoms in total. The lowest BCUT2D eigenvalue weighted by Crippen LogP contribution is -2.39. The van der Waals surface area contributed by atoms with Crippen LogP contribution in [0.5, 0.6) is 0 Å². The van der Waals surface area contributed by atoms with Gasteiger partial charge in [-0.2, -0.15) is 0 Å². The minimum absolute atomic E-state index is 1.13. The highest BCUT2D eigenvalue weighted by molar-refractivity contribution is 6.96. The minimum Gasteiger partial charge on any atom is -0.121 e. The monoisotopic (exact) mass is 336 g/mol. The molecule has 0 fully saturated rings. The molecule has 0 atom stereocenters. The van der Waals surface area contributed by atoms with E-state index in [1.54, 1.807) is 0 Å². The molecule has 0 saturated heterocycles. The fraction of sp³-hybridized carbons (Fsp3) is 0.0833. The SMILES string of the molecule is C[Si](C)(C#Cc1cc2ccccc2c2ccccc12)c1ccccc1. The summed E-state index contributed by atoms with van der Waals surface area (Å²) < 4.78 is 0. The van der Waals surface area contributed by atoms with Crippen molar-refractivity contribution in [2.75, 3.05) is 0 Å². The molecule has 0 radical (unpaired) electrons. The molecule has 0 unspecified atom stereocenters. The molecule has 0 bridgehead atoms. The first-order valence-electron chi connectivity index (χ1n) is 8.64. The third-order valence-corrected chi connectivity index (χ3v) is 7.30. The zero-order valence-electron chi connectivity index (χ0n) is 14.6. The number of fused-ring (bicyclic) bond motifs is 3. The summed E-state index contributed by atoms with van der Waals surface area (Å²) in [7, 11) is -1.78. The number of hydrogen-bond acceptors (Lipinski definition) is 0. The average molecular weight is 337 g/mol. The van der Waals surface area contributed by atoms with E-state index in [1.807, 2.05) is 0 Å². The van der Waals surface area contributed by atoms with Gasteiger partial charge in [0.25, 0.3) is 0 Å². The molecule has 0 amide bonds. The first kappa shape index (κ1) is 15.7. The zero-order valence-corrected chi connectivity index (χ0v) is 15.6. The molecule has 1 heteroatoms. The molecule has 0 spiro atoms. The fourth-order valence-electron chi connectivity index (χ4n) is 3.31. The van der Waals surface area contributed by atoms with E-state index in [0.717, 1.165) is 5.56 Å². The summed E-state index contributed by atoms with van der Waals surface area (Å²) in [5.74, 6) is 3.53. The molecule has 0 saturated carbocycles. The summed E-state index contributed by atoms with van der Waals surface area (Å²) in [6.07, 6.45) is 0. The number of hydrogen-bond donors (Lipinski definition) is 0. The van der Waals surface area contributed by atoms with Crippen LogP contribution in [0, 0.1) is 11.5 Å². The van der Waals surface area contributed by atoms with E-state index in [2.05, 4.69) is 109 Å². The van der Waals surface area contributed by atoms with Crippen LogP contribution in [0.3, 0.4) is 0 Å². The molecule has 0 aromatic heterocycles. The highest BCUT2D eigenvalue weighted by atomic mass is 28.3. The Hall–Kier alpha value is -2.82. The first-order valence-corrected chi connectivity index (χ1v) is 11.6. The van der Waals surface area contributed by atoms with E-state index in [9.17, 15) is 0 Å². The molecule has 0 aliphatic carbocycles. The van der Waals surface area contributed by atoms with Crippen LogP contribution in [-0.4, -0.2) is 8.07 Å². The van der Waals surface area contributed by atoms with Gasteiger partial charge >= 0.3 is 0 Å². The van der Waals surface area contributed by atoms with Crippen LogP contribution < -0.4 is 5.19 Å². The molecular formula is C24H20Si. The van der Waals surface area contributed by atoms with E-state index in [1.165, 1.54) is 26.7 Å². The summed E-state index contributed by atoms with van der Waals surface area (Å²) in [5, 5.41) is 6.45. The van der Waals surface area contributed by atoms with Gasteiger partial charge in [-0.15, -0.1) is 5.54 Å². The van der Waals surface area contributed by atoms with Crippen molar-refractivity contribution in [3.8, 4) is 11.5 Å². The standard InChI is InChI=1S/C24H20Si/c1-25(2,21-11-4-3-5-12-21)17-16-20-18-19-10-6-7-13-22(19)24-15-9-8-14-23(20)24/h3-15,18H,1-2H3. The number of benzene rings is 4. The highest BCUT2D eigenvalue weighted by Crippen LogP contribution is 2.28. The second kappa shape index (κ2) is 6.24. The molecule has 0 heterocycles. The van der Waals surface area contributed by atoms with Gasteiger partial charge in [0.2, 0.25) is 0 Å². The Balaban J connectivity index is 1.90. The van der Waals surface area contributed by atoms with E-state index in [0.29, 0.717) is 0 Å². The van der Waals surface area contributed by atoms with Gasteiger partial charge in [0.05, 0.1) is 0 Å². The molecule has 4 aromatic carbocycles. The highest BCUT2D eigenvalue weighted by Gasteiger charge is 2.20. The van der Waals surface area contributed by atoms with E-state index < -0.39 is 8.07 Å².